The fraction of sp³-hybridized carbons (Fsp3) is 0.185. The van der Waals surface area contributed by atoms with Gasteiger partial charge in [0.15, 0.2) is 5.75 Å². The Morgan fingerprint density at radius 2 is 1.43 bits per heavy atom. The average molecular weight is 664 g/mol. The first-order chi connectivity index (χ1) is 20.5. The van der Waals surface area contributed by atoms with Gasteiger partial charge < -0.3 is 19.1 Å². The van der Waals surface area contributed by atoms with Gasteiger partial charge >= 0.3 is 20.2 Å². The van der Waals surface area contributed by atoms with E-state index in [-0.39, 0.29) is 33.8 Å². The molecule has 3 aromatic carbocycles. The van der Waals surface area contributed by atoms with Gasteiger partial charge in [-0.15, -0.1) is 0 Å². The molecular formula is C27H26FN5O8S3. The number of nitrogens with one attached hydrogen (secondary N) is 1. The third-order valence-electron chi connectivity index (χ3n) is 6.30. The second kappa shape index (κ2) is 10.9. The van der Waals surface area contributed by atoms with Gasteiger partial charge in [0, 0.05) is 11.1 Å². The number of halogens is 1. The molecule has 0 saturated carbocycles. The molecule has 5 aromatic rings. The van der Waals surface area contributed by atoms with Crippen molar-refractivity contribution in [3.63, 3.8) is 0 Å². The average Bonchev–Trinajstić information content (AvgIpc) is 3.51. The fourth-order valence-corrected chi connectivity index (χ4v) is 6.47. The number of hydrogen-bond donors (Lipinski definition) is 2. The topological polar surface area (TPSA) is 193 Å². The summed E-state index contributed by atoms with van der Waals surface area (Å²) in [4.78, 5) is 11.8. The second-order valence-corrected chi connectivity index (χ2v) is 15.5. The number of nitrogens with zero attached hydrogens (tertiary/aromatic N) is 3. The molecular weight excluding hydrogens is 638 g/mol. The molecule has 0 spiro atoms. The van der Waals surface area contributed by atoms with Crippen molar-refractivity contribution in [2.24, 2.45) is 0 Å². The molecule has 0 aliphatic carbocycles. The molecule has 0 amide bonds. The van der Waals surface area contributed by atoms with Gasteiger partial charge in [0.2, 0.25) is 21.7 Å². The van der Waals surface area contributed by atoms with E-state index >= 15 is 0 Å². The van der Waals surface area contributed by atoms with Crippen molar-refractivity contribution in [2.45, 2.75) is 19.1 Å². The zero-order valence-corrected chi connectivity index (χ0v) is 26.1. The molecule has 5 rings (SSSR count). The van der Waals surface area contributed by atoms with Gasteiger partial charge in [0.05, 0.1) is 40.2 Å². The first-order valence-electron chi connectivity index (χ1n) is 12.8. The summed E-state index contributed by atoms with van der Waals surface area (Å²) < 4.78 is 102. The van der Waals surface area contributed by atoms with Gasteiger partial charge in [0.1, 0.15) is 17.2 Å². The molecule has 0 unspecified atom stereocenters. The Balaban J connectivity index is 1.98. The Kier molecular flexibility index (Phi) is 7.67. The van der Waals surface area contributed by atoms with Crippen molar-refractivity contribution in [3.05, 3.63) is 66.5 Å². The van der Waals surface area contributed by atoms with E-state index in [0.29, 0.717) is 17.4 Å². The van der Waals surface area contributed by atoms with Crippen LogP contribution in [0.1, 0.15) is 13.8 Å². The SMILES string of the molecule is CC(C)S(=O)(=O)n1c(N)nc2c(OS(C)(=O)=O)c(OS(C)(=O)=O)c(-c3[nH]c(-c4ccc(F)cc4)nc3-c3ccccc3)cc21. The normalized spacial score (nSPS) is 12.6. The van der Waals surface area contributed by atoms with E-state index in [1.807, 2.05) is 0 Å². The maximum Gasteiger partial charge on any atom is 0.306 e. The van der Waals surface area contributed by atoms with Crippen LogP contribution in [0.4, 0.5) is 10.3 Å². The number of imidazole rings is 2. The second-order valence-electron chi connectivity index (χ2n) is 10.0. The van der Waals surface area contributed by atoms with Crippen LogP contribution in [0.2, 0.25) is 0 Å². The predicted octanol–water partition coefficient (Wildman–Crippen LogP) is 3.74. The van der Waals surface area contributed by atoms with E-state index in [9.17, 15) is 29.6 Å². The van der Waals surface area contributed by atoms with Crippen LogP contribution < -0.4 is 14.1 Å². The number of hydrogen-bond acceptors (Lipinski definition) is 11. The third kappa shape index (κ3) is 5.97. The molecule has 3 N–H and O–H groups in total. The van der Waals surface area contributed by atoms with E-state index in [4.69, 9.17) is 14.1 Å². The Morgan fingerprint density at radius 3 is 2.00 bits per heavy atom. The molecule has 0 radical (unpaired) electrons. The number of benzene rings is 3. The first kappa shape index (κ1) is 31.0. The molecule has 13 nitrogen and oxygen atoms in total. The van der Waals surface area contributed by atoms with Crippen molar-refractivity contribution in [1.29, 1.82) is 0 Å². The smallest absolute Gasteiger partial charge is 0.306 e. The number of anilines is 1. The standard InChI is InChI=1S/C27H26FN5O8S3/c1-15(2)44(38,39)33-20-14-19(24(40-42(3,34)35)25(41-43(4,36)37)23(20)32-27(33)29)22-21(16-8-6-5-7-9-16)30-26(31-22)17-10-12-18(28)13-11-17/h5-15H,1-4H3,(H2,29,32)(H,30,31). The van der Waals surface area contributed by atoms with Crippen molar-refractivity contribution >= 4 is 47.2 Å². The Labute approximate surface area is 252 Å². The highest BCUT2D eigenvalue weighted by Gasteiger charge is 2.33. The van der Waals surface area contributed by atoms with E-state index < -0.39 is 58.8 Å². The molecule has 2 aromatic heterocycles. The molecule has 17 heteroatoms. The number of fused-ring (bicyclic) bond motifs is 1. The zero-order valence-electron chi connectivity index (χ0n) is 23.6. The Bertz CT molecular complexity index is 2230. The van der Waals surface area contributed by atoms with Crippen molar-refractivity contribution in [3.8, 4) is 45.4 Å². The number of H-pyrrole nitrogens is 1. The first-order valence-corrected chi connectivity index (χ1v) is 17.9. The summed E-state index contributed by atoms with van der Waals surface area (Å²) in [7, 11) is -12.9. The largest absolute Gasteiger partial charge is 0.378 e. The molecule has 44 heavy (non-hydrogen) atoms. The molecule has 0 saturated heterocycles. The van der Waals surface area contributed by atoms with Crippen molar-refractivity contribution in [2.75, 3.05) is 18.2 Å². The lowest BCUT2D eigenvalue weighted by Gasteiger charge is -2.16. The highest BCUT2D eigenvalue weighted by molar-refractivity contribution is 7.90. The minimum Gasteiger partial charge on any atom is -0.378 e. The van der Waals surface area contributed by atoms with E-state index in [1.54, 1.807) is 30.3 Å². The summed E-state index contributed by atoms with van der Waals surface area (Å²) in [5.74, 6) is -2.14. The lowest BCUT2D eigenvalue weighted by atomic mass is 10.0. The number of nitrogen functional groups attached to an aromatic ring is 1. The van der Waals surface area contributed by atoms with Crippen LogP contribution in [0.3, 0.4) is 0 Å². The summed E-state index contributed by atoms with van der Waals surface area (Å²) in [5, 5.41) is -0.992. The summed E-state index contributed by atoms with van der Waals surface area (Å²) in [6.07, 6.45) is 1.44. The predicted molar refractivity (Wildman–Crippen MR) is 163 cm³/mol. The van der Waals surface area contributed by atoms with Crippen LogP contribution >= 0.6 is 0 Å². The van der Waals surface area contributed by atoms with Gasteiger partial charge in [0.25, 0.3) is 0 Å². The van der Waals surface area contributed by atoms with Gasteiger partial charge in [-0.2, -0.15) is 16.8 Å². The number of rotatable bonds is 9. The highest BCUT2D eigenvalue weighted by atomic mass is 32.2. The molecule has 232 valence electrons. The zero-order chi connectivity index (χ0) is 32.2. The molecule has 0 atom stereocenters. The number of aromatic amines is 1. The summed E-state index contributed by atoms with van der Waals surface area (Å²) >= 11 is 0. The van der Waals surface area contributed by atoms with Gasteiger partial charge in [-0.05, 0) is 44.2 Å². The maximum absolute atomic E-state index is 13.7. The fourth-order valence-electron chi connectivity index (χ4n) is 4.41. The van der Waals surface area contributed by atoms with Crippen molar-refractivity contribution < 1.29 is 38.0 Å². The van der Waals surface area contributed by atoms with Crippen molar-refractivity contribution in [1.82, 2.24) is 18.9 Å². The van der Waals surface area contributed by atoms with Crippen LogP contribution in [0.25, 0.3) is 44.9 Å². The van der Waals surface area contributed by atoms with Crippen LogP contribution in [0.5, 0.6) is 11.5 Å². The lowest BCUT2D eigenvalue weighted by Crippen LogP contribution is -2.23. The van der Waals surface area contributed by atoms with E-state index in [2.05, 4.69) is 15.0 Å². The minimum atomic E-state index is -4.38. The molecule has 0 fully saturated rings. The van der Waals surface area contributed by atoms with Crippen LogP contribution in [-0.4, -0.2) is 61.9 Å². The molecule has 0 aliphatic heterocycles. The summed E-state index contributed by atoms with van der Waals surface area (Å²) in [6, 6.07) is 15.3. The Hall–Kier alpha value is -4.48. The lowest BCUT2D eigenvalue weighted by molar-refractivity contribution is 0.458. The summed E-state index contributed by atoms with van der Waals surface area (Å²) in [6.45, 7) is 2.82. The maximum atomic E-state index is 13.7. The number of nitrogens with two attached hydrogens (primary N) is 1. The molecule has 2 heterocycles. The Morgan fingerprint density at radius 1 is 0.841 bits per heavy atom. The highest BCUT2D eigenvalue weighted by Crippen LogP contribution is 2.48. The van der Waals surface area contributed by atoms with E-state index in [1.165, 1.54) is 44.2 Å². The summed E-state index contributed by atoms with van der Waals surface area (Å²) in [5.41, 5.74) is 6.59. The van der Waals surface area contributed by atoms with Gasteiger partial charge in [-0.1, -0.05) is 30.3 Å². The van der Waals surface area contributed by atoms with Gasteiger partial charge in [-0.3, -0.25) is 0 Å². The van der Waals surface area contributed by atoms with Crippen LogP contribution in [0.15, 0.2) is 60.7 Å². The van der Waals surface area contributed by atoms with Crippen LogP contribution in [0, 0.1) is 5.82 Å². The molecule has 0 bridgehead atoms. The van der Waals surface area contributed by atoms with Gasteiger partial charge in [-0.25, -0.2) is 26.7 Å². The van der Waals surface area contributed by atoms with E-state index in [0.717, 1.165) is 10.2 Å². The number of aromatic nitrogens is 4. The van der Waals surface area contributed by atoms with Crippen LogP contribution in [-0.2, 0) is 30.3 Å². The molecule has 0 aliphatic rings. The monoisotopic (exact) mass is 663 g/mol. The minimum absolute atomic E-state index is 0.0858. The quantitative estimate of drug-likeness (QED) is 0.218. The third-order valence-corrected chi connectivity index (χ3v) is 9.32.